The van der Waals surface area contributed by atoms with Crippen LogP contribution in [-0.2, 0) is 0 Å². The summed E-state index contributed by atoms with van der Waals surface area (Å²) in [6.45, 7) is 3.70. The number of para-hydroxylation sites is 1. The Labute approximate surface area is 127 Å². The molecule has 1 heterocycles. The van der Waals surface area contributed by atoms with Crippen molar-refractivity contribution in [2.24, 2.45) is 0 Å². The average Bonchev–Trinajstić information content (AvgIpc) is 2.51. The van der Waals surface area contributed by atoms with Crippen LogP contribution in [0.1, 0.15) is 24.2 Å². The number of benzene rings is 1. The summed E-state index contributed by atoms with van der Waals surface area (Å²) in [6.07, 6.45) is 8.32. The van der Waals surface area contributed by atoms with Crippen LogP contribution < -0.4 is 5.63 Å². The highest BCUT2D eigenvalue weighted by molar-refractivity contribution is 6.09. The van der Waals surface area contributed by atoms with Gasteiger partial charge in [-0.3, -0.25) is 4.79 Å². The highest BCUT2D eigenvalue weighted by Gasteiger charge is 2.18. The number of rotatable bonds is 4. The smallest absolute Gasteiger partial charge is 0.351 e. The molecule has 0 fully saturated rings. The summed E-state index contributed by atoms with van der Waals surface area (Å²) in [4.78, 5) is 24.1. The Balaban J connectivity index is 2.49. The van der Waals surface area contributed by atoms with E-state index in [2.05, 4.69) is 0 Å². The Kier molecular flexibility index (Phi) is 4.73. The molecule has 0 atom stereocenters. The molecule has 0 spiro atoms. The molecule has 0 aliphatic heterocycles. The zero-order valence-corrected chi connectivity index (χ0v) is 12.4. The lowest BCUT2D eigenvalue weighted by molar-refractivity contribution is 0.104. The van der Waals surface area contributed by atoms with Crippen LogP contribution in [0.15, 0.2) is 69.4 Å². The van der Waals surface area contributed by atoms with E-state index in [4.69, 9.17) is 4.42 Å². The van der Waals surface area contributed by atoms with Crippen LogP contribution in [0, 0.1) is 0 Å². The molecule has 0 saturated carbocycles. The molecule has 4 nitrogen and oxygen atoms in total. The number of allylic oxidation sites excluding steroid dienone is 6. The third-order valence-electron chi connectivity index (χ3n) is 3.15. The van der Waals surface area contributed by atoms with Gasteiger partial charge in [0.1, 0.15) is 16.9 Å². The SMILES string of the molecule is C\C=C/C(/C=C/C(=O)c1c(O)c2ccccc2oc1=O)=C\C. The summed E-state index contributed by atoms with van der Waals surface area (Å²) >= 11 is 0. The third-order valence-corrected chi connectivity index (χ3v) is 3.15. The van der Waals surface area contributed by atoms with Crippen molar-refractivity contribution >= 4 is 16.8 Å². The van der Waals surface area contributed by atoms with Gasteiger partial charge < -0.3 is 9.52 Å². The molecule has 2 rings (SSSR count). The lowest BCUT2D eigenvalue weighted by Crippen LogP contribution is -2.12. The van der Waals surface area contributed by atoms with E-state index in [1.165, 1.54) is 6.08 Å². The van der Waals surface area contributed by atoms with Gasteiger partial charge >= 0.3 is 5.63 Å². The number of ketones is 1. The van der Waals surface area contributed by atoms with Crippen molar-refractivity contribution in [3.63, 3.8) is 0 Å². The van der Waals surface area contributed by atoms with E-state index >= 15 is 0 Å². The van der Waals surface area contributed by atoms with Crippen LogP contribution in [0.4, 0.5) is 0 Å². The number of aromatic hydroxyl groups is 1. The van der Waals surface area contributed by atoms with E-state index in [9.17, 15) is 14.7 Å². The molecule has 4 heteroatoms. The van der Waals surface area contributed by atoms with E-state index in [0.29, 0.717) is 5.39 Å². The van der Waals surface area contributed by atoms with Gasteiger partial charge in [-0.2, -0.15) is 0 Å². The number of carbonyl (C=O) groups is 1. The van der Waals surface area contributed by atoms with E-state index in [1.807, 2.05) is 32.1 Å². The number of hydrogen-bond donors (Lipinski definition) is 1. The molecule has 1 aromatic carbocycles. The molecule has 0 unspecified atom stereocenters. The van der Waals surface area contributed by atoms with E-state index < -0.39 is 11.4 Å². The maximum atomic E-state index is 12.2. The fourth-order valence-corrected chi connectivity index (χ4v) is 2.05. The fourth-order valence-electron chi connectivity index (χ4n) is 2.05. The standard InChI is InChI=1S/C18H16O4/c1-3-7-12(4-2)10-11-14(19)16-17(20)13-8-5-6-9-15(13)22-18(16)21/h3-11,20H,1-2H3/b7-3-,11-10+,12-4+. The first kappa shape index (κ1) is 15.5. The molecule has 0 radical (unpaired) electrons. The third kappa shape index (κ3) is 3.06. The minimum atomic E-state index is -0.848. The Morgan fingerprint density at radius 3 is 2.55 bits per heavy atom. The second kappa shape index (κ2) is 6.72. The average molecular weight is 296 g/mol. The highest BCUT2D eigenvalue weighted by Crippen LogP contribution is 2.26. The quantitative estimate of drug-likeness (QED) is 0.404. The largest absolute Gasteiger partial charge is 0.506 e. The maximum absolute atomic E-state index is 12.2. The summed E-state index contributed by atoms with van der Waals surface area (Å²) < 4.78 is 5.08. The molecule has 1 N–H and O–H groups in total. The maximum Gasteiger partial charge on any atom is 0.351 e. The molecule has 22 heavy (non-hydrogen) atoms. The molecule has 2 aromatic rings. The predicted molar refractivity (Wildman–Crippen MR) is 86.2 cm³/mol. The number of carbonyl (C=O) groups excluding carboxylic acids is 1. The summed E-state index contributed by atoms with van der Waals surface area (Å²) in [6, 6.07) is 6.52. The predicted octanol–water partition coefficient (Wildman–Crippen LogP) is 3.76. The Bertz CT molecular complexity index is 851. The first-order valence-corrected chi connectivity index (χ1v) is 6.84. The van der Waals surface area contributed by atoms with E-state index in [-0.39, 0.29) is 16.9 Å². The number of fused-ring (bicyclic) bond motifs is 1. The molecular weight excluding hydrogens is 280 g/mol. The summed E-state index contributed by atoms with van der Waals surface area (Å²) in [5.74, 6) is -0.949. The summed E-state index contributed by atoms with van der Waals surface area (Å²) in [7, 11) is 0. The Morgan fingerprint density at radius 2 is 1.86 bits per heavy atom. The van der Waals surface area contributed by atoms with Gasteiger partial charge in [-0.15, -0.1) is 0 Å². The second-order valence-electron chi connectivity index (χ2n) is 4.60. The molecule has 112 valence electrons. The number of hydrogen-bond acceptors (Lipinski definition) is 4. The molecular formula is C18H16O4. The lowest BCUT2D eigenvalue weighted by Gasteiger charge is -2.03. The molecule has 1 aromatic heterocycles. The zero-order valence-electron chi connectivity index (χ0n) is 12.4. The first-order valence-electron chi connectivity index (χ1n) is 6.84. The van der Waals surface area contributed by atoms with Crippen molar-refractivity contribution in [3.05, 3.63) is 76.2 Å². The lowest BCUT2D eigenvalue weighted by atomic mass is 10.1. The topological polar surface area (TPSA) is 67.5 Å². The van der Waals surface area contributed by atoms with Crippen molar-refractivity contribution in [1.29, 1.82) is 0 Å². The minimum absolute atomic E-state index is 0.244. The van der Waals surface area contributed by atoms with Gasteiger partial charge in [-0.25, -0.2) is 4.79 Å². The van der Waals surface area contributed by atoms with Gasteiger partial charge in [0.15, 0.2) is 5.78 Å². The van der Waals surface area contributed by atoms with Gasteiger partial charge in [0.2, 0.25) is 0 Å². The van der Waals surface area contributed by atoms with Crippen molar-refractivity contribution in [2.75, 3.05) is 0 Å². The van der Waals surface area contributed by atoms with Crippen molar-refractivity contribution in [2.45, 2.75) is 13.8 Å². The van der Waals surface area contributed by atoms with Crippen LogP contribution >= 0.6 is 0 Å². The Hall–Kier alpha value is -2.88. The van der Waals surface area contributed by atoms with Crippen molar-refractivity contribution in [3.8, 4) is 5.75 Å². The van der Waals surface area contributed by atoms with Gasteiger partial charge in [0, 0.05) is 0 Å². The van der Waals surface area contributed by atoms with Crippen LogP contribution in [0.2, 0.25) is 0 Å². The van der Waals surface area contributed by atoms with Gasteiger partial charge in [0.05, 0.1) is 5.39 Å². The van der Waals surface area contributed by atoms with Gasteiger partial charge in [0.25, 0.3) is 0 Å². The monoisotopic (exact) mass is 296 g/mol. The normalized spacial score (nSPS) is 12.5. The van der Waals surface area contributed by atoms with E-state index in [0.717, 1.165) is 5.57 Å². The van der Waals surface area contributed by atoms with Crippen LogP contribution in [0.5, 0.6) is 5.75 Å². The van der Waals surface area contributed by atoms with Crippen molar-refractivity contribution in [1.82, 2.24) is 0 Å². The molecule has 0 aliphatic carbocycles. The highest BCUT2D eigenvalue weighted by atomic mass is 16.4. The van der Waals surface area contributed by atoms with Gasteiger partial charge in [-0.05, 0) is 37.6 Å². The summed E-state index contributed by atoms with van der Waals surface area (Å²) in [5, 5.41) is 10.5. The van der Waals surface area contributed by atoms with Crippen LogP contribution in [-0.4, -0.2) is 10.9 Å². The molecule has 0 amide bonds. The van der Waals surface area contributed by atoms with Gasteiger partial charge in [-0.1, -0.05) is 36.4 Å². The Morgan fingerprint density at radius 1 is 1.14 bits per heavy atom. The fraction of sp³-hybridized carbons (Fsp3) is 0.111. The van der Waals surface area contributed by atoms with Crippen molar-refractivity contribution < 1.29 is 14.3 Å². The van der Waals surface area contributed by atoms with Crippen LogP contribution in [0.3, 0.4) is 0 Å². The summed E-state index contributed by atoms with van der Waals surface area (Å²) in [5.41, 5.74) is -0.140. The minimum Gasteiger partial charge on any atom is -0.506 e. The zero-order chi connectivity index (χ0) is 16.1. The molecule has 0 saturated heterocycles. The van der Waals surface area contributed by atoms with Crippen LogP contribution in [0.25, 0.3) is 11.0 Å². The second-order valence-corrected chi connectivity index (χ2v) is 4.60. The first-order chi connectivity index (χ1) is 10.6. The molecule has 0 aliphatic rings. The molecule has 0 bridgehead atoms. The van der Waals surface area contributed by atoms with E-state index in [1.54, 1.807) is 30.3 Å².